The fraction of sp³-hybridized carbons (Fsp3) is 0.818. The number of fused-ring (bicyclic) bond motifs is 5. The molecule has 4 aliphatic carbocycles. The molecule has 0 amide bonds. The van der Waals surface area contributed by atoms with E-state index in [0.717, 1.165) is 18.3 Å². The lowest BCUT2D eigenvalue weighted by atomic mass is 9.44. The standard InChI is InChI=1S/C22H31NO/c1-14-8-10-21(2)16(12-14)4-6-17-18-7-5-15(9-11-23)22(18,3)13-19(24)20(17)21/h9,14,16-18,20H,4-8,10,12-13H2,1-3H3/b15-9-/t14-,16?,17?,18?,20?,21?,22?/m0/s1. The Morgan fingerprint density at radius 2 is 2.00 bits per heavy atom. The van der Waals surface area contributed by atoms with Gasteiger partial charge in [0.05, 0.1) is 6.07 Å². The molecule has 4 aliphatic rings. The third kappa shape index (κ3) is 2.09. The zero-order valence-corrected chi connectivity index (χ0v) is 15.5. The minimum Gasteiger partial charge on any atom is -0.299 e. The van der Waals surface area contributed by atoms with Crippen molar-refractivity contribution in [3.8, 4) is 6.07 Å². The molecule has 24 heavy (non-hydrogen) atoms. The van der Waals surface area contributed by atoms with Crippen molar-refractivity contribution >= 4 is 5.78 Å². The van der Waals surface area contributed by atoms with Gasteiger partial charge in [-0.3, -0.25) is 4.79 Å². The van der Waals surface area contributed by atoms with Crippen molar-refractivity contribution in [2.45, 2.75) is 72.1 Å². The van der Waals surface area contributed by atoms with Gasteiger partial charge in [-0.25, -0.2) is 0 Å². The molecule has 0 aromatic rings. The van der Waals surface area contributed by atoms with Gasteiger partial charge in [-0.2, -0.15) is 5.26 Å². The average molecular weight is 325 g/mol. The van der Waals surface area contributed by atoms with Crippen molar-refractivity contribution in [2.24, 2.45) is 40.4 Å². The molecule has 130 valence electrons. The first kappa shape index (κ1) is 16.4. The van der Waals surface area contributed by atoms with Crippen LogP contribution in [0.4, 0.5) is 0 Å². The molecule has 0 aliphatic heterocycles. The fourth-order valence-corrected chi connectivity index (χ4v) is 7.45. The summed E-state index contributed by atoms with van der Waals surface area (Å²) in [6.07, 6.45) is 11.1. The Kier molecular flexibility index (Phi) is 3.72. The molecule has 2 nitrogen and oxygen atoms in total. The van der Waals surface area contributed by atoms with Crippen molar-refractivity contribution in [3.05, 3.63) is 11.6 Å². The molecule has 6 unspecified atom stereocenters. The van der Waals surface area contributed by atoms with E-state index in [0.29, 0.717) is 30.0 Å². The van der Waals surface area contributed by atoms with E-state index in [1.807, 2.05) is 0 Å². The normalized spacial score (nSPS) is 52.3. The second-order valence-corrected chi connectivity index (χ2v) is 9.81. The number of hydrogen-bond donors (Lipinski definition) is 0. The van der Waals surface area contributed by atoms with Crippen molar-refractivity contribution in [3.63, 3.8) is 0 Å². The lowest BCUT2D eigenvalue weighted by molar-refractivity contribution is -0.154. The van der Waals surface area contributed by atoms with Gasteiger partial charge in [-0.1, -0.05) is 32.8 Å². The Labute approximate surface area is 146 Å². The van der Waals surface area contributed by atoms with Crippen molar-refractivity contribution in [1.29, 1.82) is 5.26 Å². The fourth-order valence-electron chi connectivity index (χ4n) is 7.45. The zero-order chi connectivity index (χ0) is 17.1. The molecule has 0 aromatic heterocycles. The Morgan fingerprint density at radius 3 is 2.75 bits per heavy atom. The summed E-state index contributed by atoms with van der Waals surface area (Å²) >= 11 is 0. The Bertz CT molecular complexity index is 628. The van der Waals surface area contributed by atoms with Crippen LogP contribution in [-0.4, -0.2) is 5.78 Å². The number of carbonyl (C=O) groups excluding carboxylic acids is 1. The van der Waals surface area contributed by atoms with Crippen molar-refractivity contribution in [2.75, 3.05) is 0 Å². The molecule has 0 spiro atoms. The summed E-state index contributed by atoms with van der Waals surface area (Å²) in [4.78, 5) is 13.4. The molecule has 2 heteroatoms. The first-order chi connectivity index (χ1) is 11.4. The quantitative estimate of drug-likeness (QED) is 0.567. The van der Waals surface area contributed by atoms with Crippen LogP contribution in [0.2, 0.25) is 0 Å². The highest BCUT2D eigenvalue weighted by Gasteiger charge is 2.61. The summed E-state index contributed by atoms with van der Waals surface area (Å²) < 4.78 is 0. The molecule has 4 rings (SSSR count). The average Bonchev–Trinajstić information content (AvgIpc) is 2.84. The second kappa shape index (κ2) is 5.45. The molecule has 0 radical (unpaired) electrons. The SMILES string of the molecule is C[C@H]1CCC2(C)C(CCC3C4CC/C(=C/C#N)C4(C)CC(=O)C32)C1. The van der Waals surface area contributed by atoms with Crippen molar-refractivity contribution in [1.82, 2.24) is 0 Å². The third-order valence-corrected chi connectivity index (χ3v) is 8.70. The number of nitrogens with zero attached hydrogens (tertiary/aromatic N) is 1. The molecule has 0 bridgehead atoms. The molecular weight excluding hydrogens is 294 g/mol. The summed E-state index contributed by atoms with van der Waals surface area (Å²) in [6.45, 7) is 7.11. The first-order valence-electron chi connectivity index (χ1n) is 10.0. The van der Waals surface area contributed by atoms with Crippen LogP contribution in [0.15, 0.2) is 11.6 Å². The number of Topliss-reactive ketones (excluding diaryl/α,β-unsaturated/α-hetero) is 1. The summed E-state index contributed by atoms with van der Waals surface area (Å²) in [7, 11) is 0. The number of hydrogen-bond acceptors (Lipinski definition) is 2. The van der Waals surface area contributed by atoms with Crippen LogP contribution in [0.3, 0.4) is 0 Å². The monoisotopic (exact) mass is 325 g/mol. The summed E-state index contributed by atoms with van der Waals surface area (Å²) in [5, 5.41) is 9.14. The van der Waals surface area contributed by atoms with Gasteiger partial charge in [0.15, 0.2) is 0 Å². The molecule has 0 heterocycles. The molecule has 4 saturated carbocycles. The number of allylic oxidation sites excluding steroid dienone is 2. The first-order valence-corrected chi connectivity index (χ1v) is 10.0. The van der Waals surface area contributed by atoms with Crippen LogP contribution >= 0.6 is 0 Å². The van der Waals surface area contributed by atoms with Gasteiger partial charge in [0, 0.05) is 18.4 Å². The van der Waals surface area contributed by atoms with Gasteiger partial charge in [-0.15, -0.1) is 0 Å². The minimum atomic E-state index is -0.0286. The summed E-state index contributed by atoms with van der Waals surface area (Å²) in [6, 6.07) is 2.24. The maximum Gasteiger partial charge on any atom is 0.137 e. The van der Waals surface area contributed by atoms with Crippen LogP contribution in [-0.2, 0) is 4.79 Å². The van der Waals surface area contributed by atoms with Gasteiger partial charge < -0.3 is 0 Å². The van der Waals surface area contributed by atoms with Gasteiger partial charge in [-0.05, 0) is 73.0 Å². The van der Waals surface area contributed by atoms with Gasteiger partial charge in [0.1, 0.15) is 5.78 Å². The molecule has 0 N–H and O–H groups in total. The van der Waals surface area contributed by atoms with Crippen LogP contribution < -0.4 is 0 Å². The van der Waals surface area contributed by atoms with Gasteiger partial charge in [0.2, 0.25) is 0 Å². The molecule has 0 aromatic carbocycles. The van der Waals surface area contributed by atoms with Gasteiger partial charge in [0.25, 0.3) is 0 Å². The number of rotatable bonds is 0. The predicted molar refractivity (Wildman–Crippen MR) is 95.0 cm³/mol. The highest BCUT2D eigenvalue weighted by molar-refractivity contribution is 5.85. The molecule has 7 atom stereocenters. The minimum absolute atomic E-state index is 0.0286. The molecule has 4 fully saturated rings. The zero-order valence-electron chi connectivity index (χ0n) is 15.5. The maximum absolute atomic E-state index is 13.4. The van der Waals surface area contributed by atoms with Gasteiger partial charge >= 0.3 is 0 Å². The Morgan fingerprint density at radius 1 is 1.21 bits per heavy atom. The molecular formula is C22H31NO. The van der Waals surface area contributed by atoms with Crippen molar-refractivity contribution < 1.29 is 4.79 Å². The smallest absolute Gasteiger partial charge is 0.137 e. The Balaban J connectivity index is 1.70. The van der Waals surface area contributed by atoms with E-state index < -0.39 is 0 Å². The summed E-state index contributed by atoms with van der Waals surface area (Å²) in [5.41, 5.74) is 1.47. The topological polar surface area (TPSA) is 40.9 Å². The van der Waals surface area contributed by atoms with E-state index in [4.69, 9.17) is 5.26 Å². The van der Waals surface area contributed by atoms with E-state index >= 15 is 0 Å². The number of carbonyl (C=O) groups is 1. The number of nitriles is 1. The second-order valence-electron chi connectivity index (χ2n) is 9.81. The highest BCUT2D eigenvalue weighted by Crippen LogP contribution is 2.66. The van der Waals surface area contributed by atoms with E-state index in [1.165, 1.54) is 44.1 Å². The number of ketones is 1. The lowest BCUT2D eigenvalue weighted by Crippen LogP contribution is -2.56. The van der Waals surface area contributed by atoms with E-state index in [9.17, 15) is 4.79 Å². The van der Waals surface area contributed by atoms with Crippen LogP contribution in [0.1, 0.15) is 72.1 Å². The predicted octanol–water partition coefficient (Wildman–Crippen LogP) is 5.29. The maximum atomic E-state index is 13.4. The largest absolute Gasteiger partial charge is 0.299 e. The van der Waals surface area contributed by atoms with Crippen LogP contribution in [0.25, 0.3) is 0 Å². The Hall–Kier alpha value is -1.10. The highest BCUT2D eigenvalue weighted by atomic mass is 16.1. The van der Waals surface area contributed by atoms with E-state index in [2.05, 4.69) is 26.8 Å². The summed E-state index contributed by atoms with van der Waals surface area (Å²) in [5.74, 6) is 3.59. The van der Waals surface area contributed by atoms with Crippen LogP contribution in [0, 0.1) is 51.8 Å². The molecule has 0 saturated heterocycles. The van der Waals surface area contributed by atoms with E-state index in [1.54, 1.807) is 6.08 Å². The third-order valence-electron chi connectivity index (χ3n) is 8.70. The van der Waals surface area contributed by atoms with E-state index in [-0.39, 0.29) is 10.8 Å². The lowest BCUT2D eigenvalue weighted by Gasteiger charge is -2.59. The van der Waals surface area contributed by atoms with Crippen LogP contribution in [0.5, 0.6) is 0 Å².